The van der Waals surface area contributed by atoms with E-state index < -0.39 is 6.98 Å². The predicted molar refractivity (Wildman–Crippen MR) is 136 cm³/mol. The fraction of sp³-hybridized carbons (Fsp3) is 0.435. The third kappa shape index (κ3) is 4.87. The second kappa shape index (κ2) is 9.13. The summed E-state index contributed by atoms with van der Waals surface area (Å²) in [5.74, 6) is -0.00738. The maximum absolute atomic E-state index is 10.7. The van der Waals surface area contributed by atoms with Gasteiger partial charge < -0.3 is 10.4 Å². The molecule has 0 amide bonds. The number of rotatable bonds is 3. The molecular weight excluding hydrogens is 475 g/mol. The first kappa shape index (κ1) is 21.8. The summed E-state index contributed by atoms with van der Waals surface area (Å²) in [6.45, 7) is 6.38. The van der Waals surface area contributed by atoms with Crippen molar-refractivity contribution in [3.8, 4) is 28.1 Å². The van der Waals surface area contributed by atoms with Crippen molar-refractivity contribution in [2.45, 2.75) is 57.7 Å². The lowest BCUT2D eigenvalue weighted by molar-refractivity contribution is 0.127. The van der Waals surface area contributed by atoms with Crippen LogP contribution in [0.5, 0.6) is 5.75 Å². The van der Waals surface area contributed by atoms with Crippen molar-refractivity contribution < 1.29 is 9.22 Å². The zero-order chi connectivity index (χ0) is 25.2. The molecule has 0 spiro atoms. The van der Waals surface area contributed by atoms with Crippen molar-refractivity contribution in [3.63, 3.8) is 0 Å². The maximum Gasteiger partial charge on any atom is 0.201 e. The minimum atomic E-state index is -2.36. The Hall–Kier alpha value is -2.75. The van der Waals surface area contributed by atoms with E-state index in [0.29, 0.717) is 33.5 Å². The van der Waals surface area contributed by atoms with Crippen molar-refractivity contribution in [1.29, 1.82) is 0 Å². The fourth-order valence-electron chi connectivity index (χ4n) is 4.97. The van der Waals surface area contributed by atoms with Crippen LogP contribution in [-0.2, 0) is 6.98 Å². The summed E-state index contributed by atoms with van der Waals surface area (Å²) < 4.78 is 25.2. The molecule has 2 N–H and O–H groups in total. The van der Waals surface area contributed by atoms with E-state index in [1.807, 2.05) is 4.68 Å². The van der Waals surface area contributed by atoms with Gasteiger partial charge in [0.15, 0.2) is 0 Å². The van der Waals surface area contributed by atoms with E-state index in [9.17, 15) is 5.11 Å². The van der Waals surface area contributed by atoms with Gasteiger partial charge in [0.25, 0.3) is 0 Å². The van der Waals surface area contributed by atoms with Crippen molar-refractivity contribution >= 4 is 36.0 Å². The monoisotopic (exact) mass is 507 g/mol. The standard InChI is InChI=1S/C23H28N8O.2ClH/c1-22(2)10-16(11-23(3,4)28-22)31-21-19(26-29-31)9-18(25-27-21)17-7-6-14(8-20(17)32)15-12-24-30(5)13-15;;/h6-9,12-13,16,28,32H,10-11H2,1-5H3;2*1H/i5D3;;. The van der Waals surface area contributed by atoms with Crippen molar-refractivity contribution in [3.05, 3.63) is 36.7 Å². The minimum Gasteiger partial charge on any atom is -0.507 e. The second-order valence-corrected chi connectivity index (χ2v) is 9.83. The van der Waals surface area contributed by atoms with Crippen LogP contribution in [0.25, 0.3) is 33.5 Å². The van der Waals surface area contributed by atoms with Gasteiger partial charge in [-0.15, -0.1) is 40.1 Å². The maximum atomic E-state index is 10.7. The highest BCUT2D eigenvalue weighted by atomic mass is 35.5. The molecule has 1 saturated heterocycles. The van der Waals surface area contributed by atoms with Gasteiger partial charge >= 0.3 is 0 Å². The molecule has 0 unspecified atom stereocenters. The van der Waals surface area contributed by atoms with E-state index in [2.05, 4.69) is 58.6 Å². The van der Waals surface area contributed by atoms with E-state index >= 15 is 0 Å². The molecule has 0 bridgehead atoms. The number of nitrogens with zero attached hydrogens (tertiary/aromatic N) is 7. The Morgan fingerprint density at radius 1 is 1.03 bits per heavy atom. The molecule has 5 rings (SSSR count). The lowest BCUT2D eigenvalue weighted by atomic mass is 9.80. The summed E-state index contributed by atoms with van der Waals surface area (Å²) in [6, 6.07) is 6.95. The normalized spacial score (nSPS) is 18.9. The van der Waals surface area contributed by atoms with Crippen LogP contribution in [0.4, 0.5) is 0 Å². The fourth-order valence-corrected chi connectivity index (χ4v) is 4.97. The van der Waals surface area contributed by atoms with Gasteiger partial charge in [0.1, 0.15) is 11.3 Å². The average molecular weight is 508 g/mol. The summed E-state index contributed by atoms with van der Waals surface area (Å²) in [7, 11) is 0. The van der Waals surface area contributed by atoms with Gasteiger partial charge in [-0.25, -0.2) is 4.68 Å². The third-order valence-electron chi connectivity index (χ3n) is 5.92. The van der Waals surface area contributed by atoms with Crippen LogP contribution in [-0.4, -0.2) is 51.2 Å². The first-order chi connectivity index (χ1) is 16.3. The van der Waals surface area contributed by atoms with E-state index in [4.69, 9.17) is 4.11 Å². The highest BCUT2D eigenvalue weighted by Gasteiger charge is 2.39. The van der Waals surface area contributed by atoms with Gasteiger partial charge in [-0.3, -0.25) is 4.68 Å². The van der Waals surface area contributed by atoms with Crippen LogP contribution in [0.2, 0.25) is 0 Å². The average Bonchev–Trinajstić information content (AvgIpc) is 3.38. The quantitative estimate of drug-likeness (QED) is 0.425. The number of phenolic OH excluding ortho intramolecular Hbond substituents is 1. The zero-order valence-corrected chi connectivity index (χ0v) is 21.0. The second-order valence-electron chi connectivity index (χ2n) is 9.83. The summed E-state index contributed by atoms with van der Waals surface area (Å²) >= 11 is 0. The van der Waals surface area contributed by atoms with Crippen LogP contribution in [0, 0.1) is 0 Å². The Balaban J connectivity index is 0.00000190. The number of aromatic nitrogens is 7. The number of hydrogen-bond donors (Lipinski definition) is 2. The lowest BCUT2D eigenvalue weighted by Gasteiger charge is -2.46. The van der Waals surface area contributed by atoms with Gasteiger partial charge in [-0.05, 0) is 64.3 Å². The molecule has 3 aromatic heterocycles. The lowest BCUT2D eigenvalue weighted by Crippen LogP contribution is -2.58. The number of piperidine rings is 1. The largest absolute Gasteiger partial charge is 0.507 e. The van der Waals surface area contributed by atoms with E-state index in [1.54, 1.807) is 24.3 Å². The molecule has 4 heterocycles. The Bertz CT molecular complexity index is 1400. The molecule has 182 valence electrons. The highest BCUT2D eigenvalue weighted by Crippen LogP contribution is 2.37. The number of phenols is 1. The third-order valence-corrected chi connectivity index (χ3v) is 5.92. The van der Waals surface area contributed by atoms with Crippen LogP contribution in [0.1, 0.15) is 50.7 Å². The number of halogens is 2. The van der Waals surface area contributed by atoms with Crippen LogP contribution >= 0.6 is 24.8 Å². The number of fused-ring (bicyclic) bond motifs is 1. The summed E-state index contributed by atoms with van der Waals surface area (Å²) in [5, 5.41) is 35.8. The van der Waals surface area contributed by atoms with Gasteiger partial charge in [0, 0.05) is 39.5 Å². The predicted octanol–water partition coefficient (Wildman–Crippen LogP) is 4.32. The topological polar surface area (TPSA) is 107 Å². The molecule has 1 aliphatic heterocycles. The Labute approximate surface area is 215 Å². The molecule has 11 heteroatoms. The van der Waals surface area contributed by atoms with Gasteiger partial charge in [-0.1, -0.05) is 11.3 Å². The molecule has 0 saturated carbocycles. The molecular formula is C23H30Cl2N8O. The van der Waals surface area contributed by atoms with Crippen LogP contribution < -0.4 is 5.32 Å². The number of nitrogens with one attached hydrogen (secondary N) is 1. The van der Waals surface area contributed by atoms with Gasteiger partial charge in [-0.2, -0.15) is 5.10 Å². The SMILES string of the molecule is Cl.Cl.[2H]C([2H])([2H])n1cc(-c2ccc(-c3cc4nnn(C5CC(C)(C)NC(C)(C)C5)c4nn3)c(O)c2)cn1. The van der Waals surface area contributed by atoms with Crippen LogP contribution in [0.3, 0.4) is 0 Å². The summed E-state index contributed by atoms with van der Waals surface area (Å²) in [6.07, 6.45) is 4.65. The number of aryl methyl sites for hydroxylation is 1. The molecule has 34 heavy (non-hydrogen) atoms. The van der Waals surface area contributed by atoms with E-state index in [1.165, 1.54) is 12.4 Å². The summed E-state index contributed by atoms with van der Waals surface area (Å²) in [4.78, 5) is 0. The van der Waals surface area contributed by atoms with Crippen molar-refractivity contribution in [1.82, 2.24) is 40.3 Å². The molecule has 1 fully saturated rings. The molecule has 1 aromatic carbocycles. The van der Waals surface area contributed by atoms with Gasteiger partial charge in [0.05, 0.1) is 17.9 Å². The number of aromatic hydroxyl groups is 1. The van der Waals surface area contributed by atoms with E-state index in [0.717, 1.165) is 17.5 Å². The van der Waals surface area contributed by atoms with Crippen molar-refractivity contribution in [2.24, 2.45) is 6.98 Å². The molecule has 0 aliphatic carbocycles. The molecule has 0 atom stereocenters. The number of benzene rings is 1. The molecule has 4 aromatic rings. The van der Waals surface area contributed by atoms with E-state index in [-0.39, 0.29) is 47.7 Å². The van der Waals surface area contributed by atoms with Crippen LogP contribution in [0.15, 0.2) is 36.7 Å². The Morgan fingerprint density at radius 3 is 2.41 bits per heavy atom. The molecule has 9 nitrogen and oxygen atoms in total. The minimum absolute atomic E-state index is 0. The van der Waals surface area contributed by atoms with Gasteiger partial charge in [0.2, 0.25) is 5.65 Å². The number of hydrogen-bond acceptors (Lipinski definition) is 7. The summed E-state index contributed by atoms with van der Waals surface area (Å²) in [5.41, 5.74) is 3.30. The zero-order valence-electron chi connectivity index (χ0n) is 22.3. The van der Waals surface area contributed by atoms with Crippen molar-refractivity contribution in [2.75, 3.05) is 0 Å². The Kier molecular flexibility index (Phi) is 5.84. The first-order valence-electron chi connectivity index (χ1n) is 12.1. The smallest absolute Gasteiger partial charge is 0.201 e. The molecule has 0 radical (unpaired) electrons. The Morgan fingerprint density at radius 2 is 1.76 bits per heavy atom. The molecule has 1 aliphatic rings. The highest BCUT2D eigenvalue weighted by molar-refractivity contribution is 5.85. The first-order valence-corrected chi connectivity index (χ1v) is 10.6.